The molecule has 7 heteroatoms. The molecule has 1 saturated heterocycles. The number of hydrogen-bond donors (Lipinski definition) is 1. The summed E-state index contributed by atoms with van der Waals surface area (Å²) >= 11 is 5.88. The lowest BCUT2D eigenvalue weighted by Gasteiger charge is -2.17. The van der Waals surface area contributed by atoms with Gasteiger partial charge in [0.25, 0.3) is 0 Å². The van der Waals surface area contributed by atoms with E-state index in [-0.39, 0.29) is 5.69 Å². The van der Waals surface area contributed by atoms with Crippen molar-refractivity contribution in [3.05, 3.63) is 22.4 Å². The number of rotatable bonds is 2. The molecule has 1 unspecified atom stereocenters. The Balaban J connectivity index is 2.01. The zero-order valence-corrected chi connectivity index (χ0v) is 10.8. The van der Waals surface area contributed by atoms with Crippen LogP contribution in [0.3, 0.4) is 0 Å². The van der Waals surface area contributed by atoms with Crippen molar-refractivity contribution in [2.75, 3.05) is 23.9 Å². The van der Waals surface area contributed by atoms with E-state index in [2.05, 4.69) is 20.1 Å². The van der Waals surface area contributed by atoms with Crippen LogP contribution >= 0.6 is 11.6 Å². The highest BCUT2D eigenvalue weighted by Gasteiger charge is 2.23. The number of halogens is 1. The van der Waals surface area contributed by atoms with Gasteiger partial charge in [-0.05, 0) is 19.3 Å². The van der Waals surface area contributed by atoms with Gasteiger partial charge >= 0.3 is 5.69 Å². The van der Waals surface area contributed by atoms with Crippen LogP contribution in [0, 0.1) is 12.8 Å². The maximum absolute atomic E-state index is 11.5. The number of hydrogen-bond acceptors (Lipinski definition) is 4. The first kappa shape index (κ1) is 11.5. The van der Waals surface area contributed by atoms with E-state index < -0.39 is 0 Å². The molecule has 0 spiro atoms. The van der Waals surface area contributed by atoms with Gasteiger partial charge in [-0.2, -0.15) is 5.10 Å². The van der Waals surface area contributed by atoms with Gasteiger partial charge in [0.05, 0.1) is 0 Å². The molecule has 1 N–H and O–H groups in total. The molecule has 0 aromatic carbocycles. The van der Waals surface area contributed by atoms with E-state index in [0.29, 0.717) is 23.3 Å². The van der Waals surface area contributed by atoms with Crippen molar-refractivity contribution in [2.45, 2.75) is 13.3 Å². The number of aromatic amines is 1. The molecule has 18 heavy (non-hydrogen) atoms. The summed E-state index contributed by atoms with van der Waals surface area (Å²) in [6, 6.07) is 1.83. The van der Waals surface area contributed by atoms with Gasteiger partial charge in [-0.3, -0.25) is 0 Å². The third kappa shape index (κ3) is 1.77. The van der Waals surface area contributed by atoms with Crippen LogP contribution in [0.5, 0.6) is 0 Å². The number of H-pyrrole nitrogens is 1. The van der Waals surface area contributed by atoms with Crippen molar-refractivity contribution < 1.29 is 0 Å². The molecule has 96 valence electrons. The minimum absolute atomic E-state index is 0.249. The lowest BCUT2D eigenvalue weighted by atomic mass is 10.2. The standard InChI is InChI=1S/C11H14ClN5O/c1-7-13-9(16-3-2-8(5-12)6-16)4-10-14-15-11(18)17(7)10/h4,8H,2-3,5-6H2,1H3,(H,15,18). The summed E-state index contributed by atoms with van der Waals surface area (Å²) in [6.45, 7) is 3.68. The van der Waals surface area contributed by atoms with E-state index in [0.717, 1.165) is 25.3 Å². The highest BCUT2D eigenvalue weighted by atomic mass is 35.5. The number of nitrogens with one attached hydrogen (secondary N) is 1. The van der Waals surface area contributed by atoms with Crippen LogP contribution in [-0.4, -0.2) is 38.6 Å². The van der Waals surface area contributed by atoms with Gasteiger partial charge < -0.3 is 4.90 Å². The average Bonchev–Trinajstić information content (AvgIpc) is 2.96. The van der Waals surface area contributed by atoms with E-state index in [1.807, 2.05) is 13.0 Å². The summed E-state index contributed by atoms with van der Waals surface area (Å²) in [7, 11) is 0. The van der Waals surface area contributed by atoms with E-state index >= 15 is 0 Å². The van der Waals surface area contributed by atoms with Crippen LogP contribution in [0.2, 0.25) is 0 Å². The van der Waals surface area contributed by atoms with Crippen LogP contribution in [0.4, 0.5) is 5.82 Å². The molecule has 3 rings (SSSR count). The van der Waals surface area contributed by atoms with Crippen molar-refractivity contribution in [2.24, 2.45) is 5.92 Å². The molecule has 0 bridgehead atoms. The average molecular weight is 268 g/mol. The van der Waals surface area contributed by atoms with E-state index in [1.54, 1.807) is 0 Å². The quantitative estimate of drug-likeness (QED) is 0.817. The minimum atomic E-state index is -0.249. The summed E-state index contributed by atoms with van der Waals surface area (Å²) in [5.74, 6) is 2.72. The lowest BCUT2D eigenvalue weighted by Crippen LogP contribution is -2.23. The van der Waals surface area contributed by atoms with Gasteiger partial charge in [0.2, 0.25) is 0 Å². The van der Waals surface area contributed by atoms with Crippen molar-refractivity contribution in [1.29, 1.82) is 0 Å². The SMILES string of the molecule is Cc1nc(N2CCC(CCl)C2)cc2n[nH]c(=O)n12. The lowest BCUT2D eigenvalue weighted by molar-refractivity contribution is 0.666. The third-order valence-electron chi connectivity index (χ3n) is 3.38. The summed E-state index contributed by atoms with van der Waals surface area (Å²) in [5, 5.41) is 6.42. The van der Waals surface area contributed by atoms with Crippen LogP contribution < -0.4 is 10.6 Å². The van der Waals surface area contributed by atoms with Gasteiger partial charge in [0.1, 0.15) is 11.6 Å². The van der Waals surface area contributed by atoms with E-state index in [1.165, 1.54) is 4.40 Å². The first-order chi connectivity index (χ1) is 8.69. The highest BCUT2D eigenvalue weighted by molar-refractivity contribution is 6.18. The molecule has 0 saturated carbocycles. The van der Waals surface area contributed by atoms with Gasteiger partial charge in [0, 0.05) is 25.0 Å². The first-order valence-electron chi connectivity index (χ1n) is 5.94. The highest BCUT2D eigenvalue weighted by Crippen LogP contribution is 2.23. The second-order valence-corrected chi connectivity index (χ2v) is 4.95. The van der Waals surface area contributed by atoms with Gasteiger partial charge in [0.15, 0.2) is 5.65 Å². The van der Waals surface area contributed by atoms with Crippen LogP contribution in [0.25, 0.3) is 5.65 Å². The van der Waals surface area contributed by atoms with Crippen molar-refractivity contribution in [1.82, 2.24) is 19.6 Å². The molecule has 6 nitrogen and oxygen atoms in total. The van der Waals surface area contributed by atoms with Gasteiger partial charge in [-0.15, -0.1) is 11.6 Å². The summed E-state index contributed by atoms with van der Waals surface area (Å²) in [6.07, 6.45) is 1.09. The predicted octanol–water partition coefficient (Wildman–Crippen LogP) is 0.791. The Hall–Kier alpha value is -1.56. The summed E-state index contributed by atoms with van der Waals surface area (Å²) in [5.41, 5.74) is 0.360. The number of fused-ring (bicyclic) bond motifs is 1. The third-order valence-corrected chi connectivity index (χ3v) is 3.82. The zero-order valence-electron chi connectivity index (χ0n) is 10.1. The van der Waals surface area contributed by atoms with Crippen molar-refractivity contribution in [3.8, 4) is 0 Å². The maximum atomic E-state index is 11.5. The number of aromatic nitrogens is 4. The smallest absolute Gasteiger partial charge is 0.349 e. The van der Waals surface area contributed by atoms with Crippen LogP contribution in [0.1, 0.15) is 12.2 Å². The second-order valence-electron chi connectivity index (χ2n) is 4.64. The first-order valence-corrected chi connectivity index (χ1v) is 6.48. The molecule has 2 aromatic rings. The molecule has 0 aliphatic carbocycles. The molecule has 2 aromatic heterocycles. The molecule has 1 aliphatic heterocycles. The Morgan fingerprint density at radius 2 is 2.44 bits per heavy atom. The predicted molar refractivity (Wildman–Crippen MR) is 69.4 cm³/mol. The van der Waals surface area contributed by atoms with Crippen molar-refractivity contribution in [3.63, 3.8) is 0 Å². The molecular weight excluding hydrogens is 254 g/mol. The molecule has 0 radical (unpaired) electrons. The Labute approximate surface area is 109 Å². The van der Waals surface area contributed by atoms with Crippen LogP contribution in [0.15, 0.2) is 10.9 Å². The fourth-order valence-corrected chi connectivity index (χ4v) is 2.66. The van der Waals surface area contributed by atoms with Crippen LogP contribution in [-0.2, 0) is 0 Å². The number of aryl methyl sites for hydroxylation is 1. The number of alkyl halides is 1. The van der Waals surface area contributed by atoms with E-state index in [9.17, 15) is 4.79 Å². The number of anilines is 1. The fourth-order valence-electron chi connectivity index (χ4n) is 2.41. The fraction of sp³-hybridized carbons (Fsp3) is 0.545. The molecule has 3 heterocycles. The second kappa shape index (κ2) is 4.28. The van der Waals surface area contributed by atoms with E-state index in [4.69, 9.17) is 11.6 Å². The minimum Gasteiger partial charge on any atom is -0.356 e. The molecule has 0 amide bonds. The molecule has 1 atom stereocenters. The van der Waals surface area contributed by atoms with Gasteiger partial charge in [-0.1, -0.05) is 0 Å². The normalized spacial score (nSPS) is 19.9. The summed E-state index contributed by atoms with van der Waals surface area (Å²) < 4.78 is 1.47. The molecule has 1 fully saturated rings. The Kier molecular flexibility index (Phi) is 2.74. The van der Waals surface area contributed by atoms with Gasteiger partial charge in [-0.25, -0.2) is 19.3 Å². The molecular formula is C11H14ClN5O. The zero-order chi connectivity index (χ0) is 12.7. The Bertz CT molecular complexity index is 634. The molecule has 1 aliphatic rings. The number of nitrogens with zero attached hydrogens (tertiary/aromatic N) is 4. The monoisotopic (exact) mass is 267 g/mol. The Morgan fingerprint density at radius 1 is 1.61 bits per heavy atom. The maximum Gasteiger partial charge on any atom is 0.349 e. The Morgan fingerprint density at radius 3 is 3.17 bits per heavy atom. The summed E-state index contributed by atoms with van der Waals surface area (Å²) in [4.78, 5) is 18.2. The van der Waals surface area contributed by atoms with Crippen molar-refractivity contribution >= 4 is 23.1 Å². The largest absolute Gasteiger partial charge is 0.356 e. The topological polar surface area (TPSA) is 66.3 Å².